The van der Waals surface area contributed by atoms with Gasteiger partial charge >= 0.3 is 5.97 Å². The predicted molar refractivity (Wildman–Crippen MR) is 69.2 cm³/mol. The Bertz CT molecular complexity index is 445. The summed E-state index contributed by atoms with van der Waals surface area (Å²) in [6.45, 7) is 2.08. The molecule has 5 heteroatoms. The summed E-state index contributed by atoms with van der Waals surface area (Å²) in [5.74, 6) is -1.99. The van der Waals surface area contributed by atoms with Gasteiger partial charge in [-0.3, -0.25) is 9.59 Å². The van der Waals surface area contributed by atoms with Gasteiger partial charge in [-0.25, -0.2) is 4.39 Å². The van der Waals surface area contributed by atoms with Crippen molar-refractivity contribution in [1.82, 2.24) is 4.90 Å². The predicted octanol–water partition coefficient (Wildman–Crippen LogP) is 1.94. The third kappa shape index (κ3) is 5.07. The highest BCUT2D eigenvalue weighted by atomic mass is 19.1. The standard InChI is InChI=1S/C14H18FNO3/c1-10(9-13(17)18)14(19)16(2)8-7-11-3-5-12(15)6-4-11/h3-6,10H,7-9H2,1-2H3,(H,17,18). The third-order valence-electron chi connectivity index (χ3n) is 2.93. The second-order valence-corrected chi connectivity index (χ2v) is 4.64. The summed E-state index contributed by atoms with van der Waals surface area (Å²) >= 11 is 0. The zero-order chi connectivity index (χ0) is 14.4. The van der Waals surface area contributed by atoms with Crippen LogP contribution < -0.4 is 0 Å². The molecule has 4 nitrogen and oxygen atoms in total. The van der Waals surface area contributed by atoms with Gasteiger partial charge in [-0.1, -0.05) is 19.1 Å². The highest BCUT2D eigenvalue weighted by Crippen LogP contribution is 2.08. The Morgan fingerprint density at radius 1 is 1.32 bits per heavy atom. The molecule has 0 aliphatic heterocycles. The molecule has 104 valence electrons. The minimum absolute atomic E-state index is 0.167. The van der Waals surface area contributed by atoms with Crippen molar-refractivity contribution in [3.8, 4) is 0 Å². The molecule has 0 aliphatic rings. The first-order chi connectivity index (χ1) is 8.90. The number of halogens is 1. The smallest absolute Gasteiger partial charge is 0.304 e. The molecule has 0 aliphatic carbocycles. The molecule has 0 radical (unpaired) electrons. The largest absolute Gasteiger partial charge is 0.481 e. The van der Waals surface area contributed by atoms with Gasteiger partial charge in [-0.15, -0.1) is 0 Å². The van der Waals surface area contributed by atoms with Gasteiger partial charge in [0.2, 0.25) is 5.91 Å². The van der Waals surface area contributed by atoms with Crippen LogP contribution in [0.25, 0.3) is 0 Å². The Balaban J connectivity index is 2.46. The topological polar surface area (TPSA) is 57.6 Å². The van der Waals surface area contributed by atoms with Crippen LogP contribution in [0, 0.1) is 11.7 Å². The molecular formula is C14H18FNO3. The molecule has 1 unspecified atom stereocenters. The lowest BCUT2D eigenvalue weighted by Crippen LogP contribution is -2.34. The van der Waals surface area contributed by atoms with E-state index in [0.717, 1.165) is 5.56 Å². The van der Waals surface area contributed by atoms with Crippen molar-refractivity contribution in [2.75, 3.05) is 13.6 Å². The zero-order valence-electron chi connectivity index (χ0n) is 11.1. The monoisotopic (exact) mass is 267 g/mol. The normalized spacial score (nSPS) is 11.9. The maximum Gasteiger partial charge on any atom is 0.304 e. The molecule has 0 saturated heterocycles. The van der Waals surface area contributed by atoms with E-state index in [9.17, 15) is 14.0 Å². The van der Waals surface area contributed by atoms with E-state index in [2.05, 4.69) is 0 Å². The third-order valence-corrected chi connectivity index (χ3v) is 2.93. The van der Waals surface area contributed by atoms with Crippen molar-refractivity contribution in [2.45, 2.75) is 19.8 Å². The summed E-state index contributed by atoms with van der Waals surface area (Å²) in [5.41, 5.74) is 0.937. The molecule has 19 heavy (non-hydrogen) atoms. The number of carbonyl (C=O) groups excluding carboxylic acids is 1. The molecule has 1 aromatic carbocycles. The molecule has 1 N–H and O–H groups in total. The maximum absolute atomic E-state index is 12.7. The van der Waals surface area contributed by atoms with E-state index in [1.54, 1.807) is 26.1 Å². The fourth-order valence-corrected chi connectivity index (χ4v) is 1.78. The van der Waals surface area contributed by atoms with Crippen molar-refractivity contribution in [3.63, 3.8) is 0 Å². The van der Waals surface area contributed by atoms with Gasteiger partial charge in [0.1, 0.15) is 5.82 Å². The average molecular weight is 267 g/mol. The first-order valence-electron chi connectivity index (χ1n) is 6.11. The second kappa shape index (κ2) is 6.87. The average Bonchev–Trinajstić information content (AvgIpc) is 2.36. The van der Waals surface area contributed by atoms with Crippen LogP contribution in [-0.4, -0.2) is 35.5 Å². The molecule has 0 spiro atoms. The molecule has 0 fully saturated rings. The fraction of sp³-hybridized carbons (Fsp3) is 0.429. The molecule has 0 bridgehead atoms. The Kier molecular flexibility index (Phi) is 5.48. The van der Waals surface area contributed by atoms with Gasteiger partial charge in [-0.2, -0.15) is 0 Å². The van der Waals surface area contributed by atoms with Crippen LogP contribution in [0.3, 0.4) is 0 Å². The number of carboxylic acid groups (broad SMARTS) is 1. The van der Waals surface area contributed by atoms with Crippen molar-refractivity contribution < 1.29 is 19.1 Å². The first kappa shape index (κ1) is 15.1. The van der Waals surface area contributed by atoms with Gasteiger partial charge in [-0.05, 0) is 24.1 Å². The van der Waals surface area contributed by atoms with Gasteiger partial charge in [0.25, 0.3) is 0 Å². The molecular weight excluding hydrogens is 249 g/mol. The minimum Gasteiger partial charge on any atom is -0.481 e. The van der Waals surface area contributed by atoms with Crippen LogP contribution in [0.1, 0.15) is 18.9 Å². The van der Waals surface area contributed by atoms with Crippen LogP contribution in [0.2, 0.25) is 0 Å². The summed E-state index contributed by atoms with van der Waals surface area (Å²) in [4.78, 5) is 23.9. The van der Waals surface area contributed by atoms with Gasteiger partial charge in [0.05, 0.1) is 6.42 Å². The van der Waals surface area contributed by atoms with Gasteiger partial charge < -0.3 is 10.0 Å². The van der Waals surface area contributed by atoms with E-state index in [1.165, 1.54) is 17.0 Å². The van der Waals surface area contributed by atoms with Crippen molar-refractivity contribution in [1.29, 1.82) is 0 Å². The lowest BCUT2D eigenvalue weighted by molar-refractivity contribution is -0.143. The van der Waals surface area contributed by atoms with E-state index < -0.39 is 11.9 Å². The SMILES string of the molecule is CC(CC(=O)O)C(=O)N(C)CCc1ccc(F)cc1. The number of aliphatic carboxylic acids is 1. The van der Waals surface area contributed by atoms with Crippen LogP contribution in [-0.2, 0) is 16.0 Å². The van der Waals surface area contributed by atoms with E-state index in [0.29, 0.717) is 13.0 Å². The van der Waals surface area contributed by atoms with Crippen LogP contribution in [0.15, 0.2) is 24.3 Å². The van der Waals surface area contributed by atoms with E-state index in [-0.39, 0.29) is 18.1 Å². The summed E-state index contributed by atoms with van der Waals surface area (Å²) in [7, 11) is 1.64. The number of benzene rings is 1. The number of likely N-dealkylation sites (N-methyl/N-ethyl adjacent to an activating group) is 1. The summed E-state index contributed by atoms with van der Waals surface area (Å²) in [5, 5.41) is 8.64. The lowest BCUT2D eigenvalue weighted by atomic mass is 10.1. The lowest BCUT2D eigenvalue weighted by Gasteiger charge is -2.20. The van der Waals surface area contributed by atoms with Crippen molar-refractivity contribution in [2.24, 2.45) is 5.92 Å². The summed E-state index contributed by atoms with van der Waals surface area (Å²) in [6, 6.07) is 6.11. The highest BCUT2D eigenvalue weighted by Gasteiger charge is 2.19. The number of hydrogen-bond acceptors (Lipinski definition) is 2. The molecule has 0 heterocycles. The Morgan fingerprint density at radius 2 is 1.89 bits per heavy atom. The van der Waals surface area contributed by atoms with E-state index in [4.69, 9.17) is 5.11 Å². The van der Waals surface area contributed by atoms with Crippen LogP contribution in [0.4, 0.5) is 4.39 Å². The molecule has 0 aromatic heterocycles. The van der Waals surface area contributed by atoms with E-state index >= 15 is 0 Å². The van der Waals surface area contributed by atoms with Gasteiger partial charge in [0, 0.05) is 19.5 Å². The quantitative estimate of drug-likeness (QED) is 0.857. The van der Waals surface area contributed by atoms with Crippen molar-refractivity contribution >= 4 is 11.9 Å². The maximum atomic E-state index is 12.7. The Labute approximate surface area is 111 Å². The molecule has 1 aromatic rings. The van der Waals surface area contributed by atoms with E-state index in [1.807, 2.05) is 0 Å². The van der Waals surface area contributed by atoms with Crippen molar-refractivity contribution in [3.05, 3.63) is 35.6 Å². The number of carbonyl (C=O) groups is 2. The number of amides is 1. The molecule has 1 amide bonds. The summed E-state index contributed by atoms with van der Waals surface area (Å²) < 4.78 is 12.7. The summed E-state index contributed by atoms with van der Waals surface area (Å²) in [6.07, 6.45) is 0.446. The number of hydrogen-bond donors (Lipinski definition) is 1. The van der Waals surface area contributed by atoms with Gasteiger partial charge in [0.15, 0.2) is 0 Å². The Morgan fingerprint density at radius 3 is 2.42 bits per heavy atom. The second-order valence-electron chi connectivity index (χ2n) is 4.64. The van der Waals surface area contributed by atoms with Crippen LogP contribution in [0.5, 0.6) is 0 Å². The number of rotatable bonds is 6. The number of carboxylic acids is 1. The number of nitrogens with zero attached hydrogens (tertiary/aromatic N) is 1. The first-order valence-corrected chi connectivity index (χ1v) is 6.11. The molecule has 0 saturated carbocycles. The fourth-order valence-electron chi connectivity index (χ4n) is 1.78. The highest BCUT2D eigenvalue weighted by molar-refractivity contribution is 5.82. The molecule has 1 rings (SSSR count). The Hall–Kier alpha value is -1.91. The molecule has 1 atom stereocenters. The van der Waals surface area contributed by atoms with Crippen LogP contribution >= 0.6 is 0 Å². The zero-order valence-corrected chi connectivity index (χ0v) is 11.1. The minimum atomic E-state index is -0.979.